The maximum absolute atomic E-state index is 2.23. The molecule has 0 rings (SSSR count). The topological polar surface area (TPSA) is 0 Å². The zero-order valence-corrected chi connectivity index (χ0v) is 7.04. The SMILES string of the molecule is C[C](=[Zr])C(C)C. The van der Waals surface area contributed by atoms with E-state index in [0.29, 0.717) is 0 Å². The van der Waals surface area contributed by atoms with Crippen molar-refractivity contribution < 1.29 is 24.2 Å². The van der Waals surface area contributed by atoms with Gasteiger partial charge in [0.1, 0.15) is 0 Å². The Hall–Kier alpha value is 0.753. The van der Waals surface area contributed by atoms with Crippen molar-refractivity contribution in [2.24, 2.45) is 5.92 Å². The van der Waals surface area contributed by atoms with Gasteiger partial charge in [-0.2, -0.15) is 0 Å². The minimum atomic E-state index is 0.809. The first kappa shape index (κ1) is 6.75. The van der Waals surface area contributed by atoms with Gasteiger partial charge >= 0.3 is 54.1 Å². The van der Waals surface area contributed by atoms with Crippen LogP contribution in [0, 0.1) is 5.92 Å². The van der Waals surface area contributed by atoms with E-state index in [1.807, 2.05) is 0 Å². The van der Waals surface area contributed by atoms with Crippen molar-refractivity contribution in [1.82, 2.24) is 0 Å². The van der Waals surface area contributed by atoms with E-state index in [2.05, 4.69) is 20.8 Å². The second-order valence-corrected chi connectivity index (χ2v) is 3.78. The summed E-state index contributed by atoms with van der Waals surface area (Å²) in [6.07, 6.45) is 0. The van der Waals surface area contributed by atoms with Gasteiger partial charge in [0, 0.05) is 0 Å². The molecule has 34 valence electrons. The fourth-order valence-electron chi connectivity index (χ4n) is 0. The molecule has 0 aliphatic carbocycles. The minimum absolute atomic E-state index is 0.809. The van der Waals surface area contributed by atoms with Crippen molar-refractivity contribution in [3.05, 3.63) is 0 Å². The molecule has 0 nitrogen and oxygen atoms in total. The second kappa shape index (κ2) is 2.85. The fraction of sp³-hybridized carbons (Fsp3) is 0.800. The normalized spacial score (nSPS) is 9.17. The summed E-state index contributed by atoms with van der Waals surface area (Å²) in [5, 5.41) is 0. The van der Waals surface area contributed by atoms with Crippen molar-refractivity contribution in [2.45, 2.75) is 20.8 Å². The summed E-state index contributed by atoms with van der Waals surface area (Å²) in [4.78, 5) is 0. The van der Waals surface area contributed by atoms with Crippen LogP contribution in [0.5, 0.6) is 0 Å². The fourth-order valence-corrected chi connectivity index (χ4v) is 0. The molecule has 0 N–H and O–H groups in total. The van der Waals surface area contributed by atoms with Gasteiger partial charge in [0.05, 0.1) is 0 Å². The first-order chi connectivity index (χ1) is 2.64. The van der Waals surface area contributed by atoms with Crippen LogP contribution in [0.2, 0.25) is 0 Å². The van der Waals surface area contributed by atoms with Crippen LogP contribution in [0.1, 0.15) is 20.8 Å². The molecule has 0 aromatic rings. The van der Waals surface area contributed by atoms with E-state index in [1.165, 1.54) is 0 Å². The Bertz CT molecular complexity index is 55.0. The van der Waals surface area contributed by atoms with Gasteiger partial charge in [0.2, 0.25) is 0 Å². The van der Waals surface area contributed by atoms with Crippen molar-refractivity contribution in [2.75, 3.05) is 0 Å². The monoisotopic (exact) mass is 160 g/mol. The molecule has 0 unspecified atom stereocenters. The maximum atomic E-state index is 2.23. The third-order valence-electron chi connectivity index (χ3n) is 0.866. The predicted molar refractivity (Wildman–Crippen MR) is 25.5 cm³/mol. The Morgan fingerprint density at radius 3 is 1.67 bits per heavy atom. The standard InChI is InChI=1S/C5H10.Zr/c1-4-5(2)3;/h5H,1-3H3;. The zero-order valence-electron chi connectivity index (χ0n) is 4.58. The van der Waals surface area contributed by atoms with Crippen LogP contribution in [-0.2, 0) is 24.2 Å². The molecule has 0 spiro atoms. The van der Waals surface area contributed by atoms with Crippen LogP contribution in [0.4, 0.5) is 0 Å². The van der Waals surface area contributed by atoms with E-state index < -0.39 is 0 Å². The van der Waals surface area contributed by atoms with Crippen LogP contribution < -0.4 is 0 Å². The van der Waals surface area contributed by atoms with Gasteiger partial charge < -0.3 is 0 Å². The Labute approximate surface area is 54.3 Å². The molecule has 0 fully saturated rings. The summed E-state index contributed by atoms with van der Waals surface area (Å²) in [7, 11) is 0. The second-order valence-electron chi connectivity index (χ2n) is 1.84. The Balaban J connectivity index is 3.26. The van der Waals surface area contributed by atoms with E-state index in [0.717, 1.165) is 5.92 Å². The molecule has 0 aliphatic heterocycles. The van der Waals surface area contributed by atoms with E-state index >= 15 is 0 Å². The van der Waals surface area contributed by atoms with Crippen molar-refractivity contribution in [3.63, 3.8) is 0 Å². The summed E-state index contributed by atoms with van der Waals surface area (Å²) in [6.45, 7) is 6.65. The van der Waals surface area contributed by atoms with Crippen LogP contribution >= 0.6 is 0 Å². The quantitative estimate of drug-likeness (QED) is 0.545. The van der Waals surface area contributed by atoms with Crippen LogP contribution in [0.25, 0.3) is 0 Å². The molecule has 0 aromatic carbocycles. The molecule has 0 heterocycles. The molecule has 0 saturated heterocycles. The molecule has 6 heavy (non-hydrogen) atoms. The first-order valence-electron chi connectivity index (χ1n) is 2.19. The van der Waals surface area contributed by atoms with Crippen molar-refractivity contribution in [3.8, 4) is 0 Å². The van der Waals surface area contributed by atoms with Gasteiger partial charge in [-0.15, -0.1) is 0 Å². The van der Waals surface area contributed by atoms with Crippen molar-refractivity contribution >= 4 is 3.21 Å². The zero-order chi connectivity index (χ0) is 5.15. The molecule has 0 aliphatic rings. The summed E-state index contributed by atoms with van der Waals surface area (Å²) in [5.74, 6) is 0.809. The summed E-state index contributed by atoms with van der Waals surface area (Å²) < 4.78 is 1.60. The summed E-state index contributed by atoms with van der Waals surface area (Å²) in [6, 6.07) is 0. The van der Waals surface area contributed by atoms with Gasteiger partial charge in [0.25, 0.3) is 0 Å². The molecule has 0 bridgehead atoms. The molecular weight excluding hydrogens is 151 g/mol. The number of hydrogen-bond acceptors (Lipinski definition) is 0. The van der Waals surface area contributed by atoms with Crippen LogP contribution in [0.3, 0.4) is 0 Å². The number of hydrogen-bond donors (Lipinski definition) is 0. The third-order valence-corrected chi connectivity index (χ3v) is 2.29. The van der Waals surface area contributed by atoms with Gasteiger partial charge in [0.15, 0.2) is 0 Å². The van der Waals surface area contributed by atoms with E-state index in [1.54, 1.807) is 27.4 Å². The van der Waals surface area contributed by atoms with E-state index in [-0.39, 0.29) is 0 Å². The third kappa shape index (κ3) is 2.96. The molecule has 0 radical (unpaired) electrons. The summed E-state index contributed by atoms with van der Waals surface area (Å²) >= 11 is 1.58. The molecule has 0 aromatic heterocycles. The average molecular weight is 161 g/mol. The predicted octanol–water partition coefficient (Wildman–Crippen LogP) is 1.38. The average Bonchev–Trinajstić information content (AvgIpc) is 1.36. The molecule has 0 saturated carbocycles. The Morgan fingerprint density at radius 1 is 1.50 bits per heavy atom. The van der Waals surface area contributed by atoms with Crippen molar-refractivity contribution in [1.29, 1.82) is 0 Å². The molecular formula is C5H10Zr. The number of rotatable bonds is 1. The van der Waals surface area contributed by atoms with E-state index in [4.69, 9.17) is 0 Å². The van der Waals surface area contributed by atoms with E-state index in [9.17, 15) is 0 Å². The van der Waals surface area contributed by atoms with Gasteiger partial charge in [-0.3, -0.25) is 0 Å². The Kier molecular flexibility index (Phi) is 3.21. The Morgan fingerprint density at radius 2 is 1.67 bits per heavy atom. The molecule has 0 amide bonds. The van der Waals surface area contributed by atoms with Gasteiger partial charge in [-0.05, 0) is 0 Å². The van der Waals surface area contributed by atoms with Crippen LogP contribution in [0.15, 0.2) is 0 Å². The van der Waals surface area contributed by atoms with Crippen LogP contribution in [-0.4, -0.2) is 3.21 Å². The molecule has 1 heteroatoms. The van der Waals surface area contributed by atoms with Gasteiger partial charge in [-0.25, -0.2) is 0 Å². The summed E-state index contributed by atoms with van der Waals surface area (Å²) in [5.41, 5.74) is 0. The van der Waals surface area contributed by atoms with Gasteiger partial charge in [-0.1, -0.05) is 0 Å². The molecule has 0 atom stereocenters. The first-order valence-corrected chi connectivity index (χ1v) is 3.42.